The molecule has 34 nitrogen and oxygen atoms in total. The standard InChI is InChI=1S/C77H116N14O20S2/c1-15-41(6)33-50-67(99)87-60(40(4)5)76(108)90(13)63(47(12)110-14)74(106)85-54(37-92)77(109)111-46(11)62-73(105)84-53(36-49-27-22-19-23-28-49)75(107)91-32-24-29-57(91)71(103)86-56(70(102)88-61(43(8)17-3)72(104)79-45(10)65(97)81-50)39-113-112-38-55(80-58(93)30-31-59(94)95)69(101)83-52(35-48-25-20-18-21-26-48)66(98)78-44(9)64(96)82-51(68(100)89-62)34-42(7)16-2/h18-23,25-28,40-44,46-47,50-57,59-63,92,94-95H,10,15-17,24,29-39H2,1-9,11-14H3,(H,78,98)(H,79,104)(H,80,93)(H,81,97)(H,82,96)(H,83,101)(H,84,105)(H,85,106)(H,86,103)(H,87,99)(H,88,102)(H,89,100)/t41-,42+,43+,44-,46-,47-,50+,51?,52-,53-,54+,55+,56+,57-,60?,61?,62-,63+/m1/s1. The molecule has 0 radical (unpaired) electrons. The zero-order valence-electron chi connectivity index (χ0n) is 66.6. The summed E-state index contributed by atoms with van der Waals surface area (Å²) in [5.74, 6) is -17.6. The third kappa shape index (κ3) is 28.7. The summed E-state index contributed by atoms with van der Waals surface area (Å²) >= 11 is 0. The van der Waals surface area contributed by atoms with Crippen LogP contribution in [-0.4, -0.2) is 250 Å². The van der Waals surface area contributed by atoms with Crippen molar-refractivity contribution in [3.05, 3.63) is 84.1 Å². The molecule has 0 aliphatic carbocycles. The molecule has 2 aromatic rings. The minimum atomic E-state index is -2.04. The van der Waals surface area contributed by atoms with Crippen LogP contribution in [0.2, 0.25) is 0 Å². The van der Waals surface area contributed by atoms with Crippen LogP contribution < -0.4 is 63.8 Å². The van der Waals surface area contributed by atoms with Crippen LogP contribution >= 0.6 is 21.6 Å². The number of aliphatic hydroxyl groups excluding tert-OH is 2. The van der Waals surface area contributed by atoms with Gasteiger partial charge < -0.3 is 98.4 Å². The lowest BCUT2D eigenvalue weighted by molar-refractivity contribution is -0.158. The van der Waals surface area contributed by atoms with Crippen molar-refractivity contribution in [1.29, 1.82) is 0 Å². The molecule has 0 saturated carbocycles. The fraction of sp³-hybridized carbons (Fsp3) is 0.623. The second kappa shape index (κ2) is 46.2. The molecule has 0 aromatic heterocycles. The number of likely N-dealkylation sites (N-methyl/N-ethyl adjacent to an activating group) is 1. The van der Waals surface area contributed by atoms with E-state index in [9.17, 15) is 63.3 Å². The van der Waals surface area contributed by atoms with Gasteiger partial charge in [0.05, 0.1) is 18.4 Å². The second-order valence-electron chi connectivity index (χ2n) is 29.6. The first-order valence-corrected chi connectivity index (χ1v) is 40.9. The molecule has 3 fully saturated rings. The van der Waals surface area contributed by atoms with Gasteiger partial charge in [0, 0.05) is 57.9 Å². The Morgan fingerprint density at radius 3 is 1.71 bits per heavy atom. The van der Waals surface area contributed by atoms with E-state index >= 15 is 24.0 Å². The van der Waals surface area contributed by atoms with Crippen molar-refractivity contribution in [3.63, 3.8) is 0 Å². The Kier molecular flexibility index (Phi) is 38.6. The number of hydrogen-bond acceptors (Lipinski definition) is 22. The van der Waals surface area contributed by atoms with E-state index in [-0.39, 0.29) is 74.8 Å². The fourth-order valence-electron chi connectivity index (χ4n) is 12.7. The molecule has 3 saturated heterocycles. The lowest BCUT2D eigenvalue weighted by atomic mass is 9.96. The lowest BCUT2D eigenvalue weighted by Gasteiger charge is -2.36. The minimum Gasteiger partial charge on any atom is -0.458 e. The van der Waals surface area contributed by atoms with Crippen LogP contribution in [0.3, 0.4) is 0 Å². The third-order valence-corrected chi connectivity index (χ3v) is 22.8. The summed E-state index contributed by atoms with van der Waals surface area (Å²) in [4.78, 5) is 224. The highest BCUT2D eigenvalue weighted by Crippen LogP contribution is 2.27. The molecule has 3 heterocycles. The van der Waals surface area contributed by atoms with Crippen LogP contribution in [0.1, 0.15) is 145 Å². The van der Waals surface area contributed by atoms with Gasteiger partial charge in [-0.15, -0.1) is 0 Å². The molecular formula is C77H116N14O20S2. The smallest absolute Gasteiger partial charge is 0.331 e. The Morgan fingerprint density at radius 2 is 1.14 bits per heavy atom. The van der Waals surface area contributed by atoms with Gasteiger partial charge in [-0.25, -0.2) is 4.79 Å². The van der Waals surface area contributed by atoms with E-state index in [1.165, 1.54) is 39.8 Å². The van der Waals surface area contributed by atoms with Gasteiger partial charge >= 0.3 is 5.97 Å². The van der Waals surface area contributed by atoms with Gasteiger partial charge in [-0.2, -0.15) is 0 Å². The monoisotopic (exact) mass is 1620 g/mol. The maximum atomic E-state index is 15.6. The van der Waals surface area contributed by atoms with Crippen molar-refractivity contribution >= 4 is 110 Å². The molecule has 36 heteroatoms. The summed E-state index contributed by atoms with van der Waals surface area (Å²) in [5, 5.41) is 61.9. The number of carbonyl (C=O) groups excluding carboxylic acids is 15. The molecule has 3 unspecified atom stereocenters. The van der Waals surface area contributed by atoms with Crippen molar-refractivity contribution < 1.29 is 96.7 Å². The van der Waals surface area contributed by atoms with Crippen LogP contribution in [0.5, 0.6) is 0 Å². The van der Waals surface area contributed by atoms with Crippen LogP contribution in [0.15, 0.2) is 72.9 Å². The van der Waals surface area contributed by atoms with E-state index in [2.05, 4.69) is 70.4 Å². The maximum absolute atomic E-state index is 15.6. The highest BCUT2D eigenvalue weighted by Gasteiger charge is 2.45. The Morgan fingerprint density at radius 1 is 0.602 bits per heavy atom. The quantitative estimate of drug-likeness (QED) is 0.0337. The molecule has 2 bridgehead atoms. The molecule has 3 aliphatic rings. The first kappa shape index (κ1) is 94.4. The summed E-state index contributed by atoms with van der Waals surface area (Å²) in [5.41, 5.74) is 0.424. The number of benzene rings is 2. The molecule has 0 spiro atoms. The number of nitrogens with one attached hydrogen (secondary N) is 12. The Hall–Kier alpha value is -9.23. The number of aliphatic hydroxyl groups is 3. The van der Waals surface area contributed by atoms with Crippen LogP contribution in [0.4, 0.5) is 0 Å². The van der Waals surface area contributed by atoms with E-state index < -0.39 is 223 Å². The van der Waals surface area contributed by atoms with Crippen LogP contribution in [0.25, 0.3) is 0 Å². The van der Waals surface area contributed by atoms with Crippen LogP contribution in [0, 0.1) is 23.7 Å². The summed E-state index contributed by atoms with van der Waals surface area (Å²) in [6.07, 6.45) is -5.11. The normalized spacial score (nSPS) is 27.5. The number of carbonyl (C=O) groups is 15. The predicted molar refractivity (Wildman–Crippen MR) is 420 cm³/mol. The van der Waals surface area contributed by atoms with Gasteiger partial charge in [0.2, 0.25) is 76.8 Å². The highest BCUT2D eigenvalue weighted by molar-refractivity contribution is 8.76. The number of amides is 14. The number of ether oxygens (including phenoxy) is 2. The fourth-order valence-corrected chi connectivity index (χ4v) is 15.0. The first-order valence-electron chi connectivity index (χ1n) is 38.4. The summed E-state index contributed by atoms with van der Waals surface area (Å²) in [6, 6.07) is -4.02. The molecule has 14 amide bonds. The first-order chi connectivity index (χ1) is 53.5. The Bertz CT molecular complexity index is 3640. The number of fused-ring (bicyclic) bond motifs is 6. The topological polar surface area (TPSA) is 486 Å². The number of nitrogens with zero attached hydrogens (tertiary/aromatic N) is 2. The van der Waals surface area contributed by atoms with Crippen molar-refractivity contribution in [2.24, 2.45) is 23.7 Å². The van der Waals surface area contributed by atoms with E-state index in [1.807, 2.05) is 13.8 Å². The number of esters is 1. The summed E-state index contributed by atoms with van der Waals surface area (Å²) in [7, 11) is 4.28. The number of cyclic esters (lactones) is 1. The zero-order valence-corrected chi connectivity index (χ0v) is 68.3. The van der Waals surface area contributed by atoms with E-state index in [1.54, 1.807) is 102 Å². The van der Waals surface area contributed by atoms with Crippen LogP contribution in [-0.2, 0) is 94.2 Å². The highest BCUT2D eigenvalue weighted by atomic mass is 33.1. The van der Waals surface area contributed by atoms with Gasteiger partial charge in [0.15, 0.2) is 12.3 Å². The van der Waals surface area contributed by atoms with Gasteiger partial charge in [-0.3, -0.25) is 67.1 Å². The Balaban J connectivity index is 1.80. The van der Waals surface area contributed by atoms with Crippen molar-refractivity contribution in [3.8, 4) is 0 Å². The molecule has 18 atom stereocenters. The molecule has 2 aromatic carbocycles. The van der Waals surface area contributed by atoms with E-state index in [0.29, 0.717) is 24.0 Å². The molecule has 626 valence electrons. The number of methoxy groups -OCH3 is 1. The average molecular weight is 1620 g/mol. The van der Waals surface area contributed by atoms with Crippen molar-refractivity contribution in [2.45, 2.75) is 244 Å². The number of rotatable bonds is 20. The van der Waals surface area contributed by atoms with Crippen molar-refractivity contribution in [2.75, 3.05) is 38.8 Å². The summed E-state index contributed by atoms with van der Waals surface area (Å²) < 4.78 is 11.5. The van der Waals surface area contributed by atoms with E-state index in [0.717, 1.165) is 26.5 Å². The van der Waals surface area contributed by atoms with Gasteiger partial charge in [0.1, 0.15) is 78.6 Å². The Labute approximate surface area is 667 Å². The maximum Gasteiger partial charge on any atom is 0.331 e. The summed E-state index contributed by atoms with van der Waals surface area (Å²) in [6.45, 7) is 20.2. The van der Waals surface area contributed by atoms with Gasteiger partial charge in [-0.05, 0) is 81.3 Å². The zero-order chi connectivity index (χ0) is 84.1. The molecule has 5 rings (SSSR count). The minimum absolute atomic E-state index is 0.0106. The number of hydrogen-bond donors (Lipinski definition) is 15. The predicted octanol–water partition coefficient (Wildman–Crippen LogP) is -0.695. The molecular weight excluding hydrogens is 1510 g/mol. The molecule has 113 heavy (non-hydrogen) atoms. The largest absolute Gasteiger partial charge is 0.458 e. The van der Waals surface area contributed by atoms with Crippen molar-refractivity contribution in [1.82, 2.24) is 73.6 Å². The van der Waals surface area contributed by atoms with E-state index in [4.69, 9.17) is 9.47 Å². The lowest BCUT2D eigenvalue weighted by Crippen LogP contribution is -2.63. The third-order valence-electron chi connectivity index (χ3n) is 20.4. The molecule has 15 N–H and O–H groups in total. The van der Waals surface area contributed by atoms with Gasteiger partial charge in [-0.1, -0.05) is 163 Å². The average Bonchev–Trinajstić information content (AvgIpc) is 1.75. The van der Waals surface area contributed by atoms with Gasteiger partial charge in [0.25, 0.3) is 5.91 Å². The second-order valence-corrected chi connectivity index (χ2v) is 32.1. The SMILES string of the molecule is C=C1NC(=O)C([C@@H](C)CC)NC(=O)[C@@H]2CSSC[C@H](NC(=O)CCC(O)O)C(=O)N[C@H](Cc3ccccc3)C(=O)N[C@H](C)C(=O)NC(C[C@@H](C)CC)C(=O)N[C@@H](C(=O)N[C@H](Cc3ccccc3)C(=O)N3CCC[C@@H]3C(=O)N2)[C@@H](C)OC(=O)[C@H](CO)NC(=O)[C@H]([C@@H](C)OC)N(C)C(=O)C(C(C)C)NC(=O)[C@H](C[C@H](C)CC)NC1=O. The molecule has 3 aliphatic heterocycles.